The lowest BCUT2D eigenvalue weighted by atomic mass is 9.88. The van der Waals surface area contributed by atoms with E-state index in [0.29, 0.717) is 56.0 Å². The highest BCUT2D eigenvalue weighted by atomic mass is 32.2. The molecule has 3 rings (SSSR count). The molecule has 10 heteroatoms. The van der Waals surface area contributed by atoms with Crippen molar-refractivity contribution in [2.24, 2.45) is 5.92 Å². The Labute approximate surface area is 219 Å². The first-order chi connectivity index (χ1) is 17.7. The van der Waals surface area contributed by atoms with E-state index in [1.807, 2.05) is 49.1 Å². The summed E-state index contributed by atoms with van der Waals surface area (Å²) in [6.45, 7) is 6.29. The van der Waals surface area contributed by atoms with Gasteiger partial charge in [-0.05, 0) is 35.6 Å². The van der Waals surface area contributed by atoms with Gasteiger partial charge in [0.15, 0.2) is 0 Å². The minimum absolute atomic E-state index is 0.0372. The second-order valence-electron chi connectivity index (χ2n) is 9.51. The average molecular weight is 529 g/mol. The van der Waals surface area contributed by atoms with Crippen LogP contribution in [0.1, 0.15) is 31.7 Å². The molecule has 1 fully saturated rings. The molecule has 0 radical (unpaired) electrons. The van der Waals surface area contributed by atoms with Crippen LogP contribution in [-0.2, 0) is 14.8 Å². The normalized spacial score (nSPS) is 15.8. The molecule has 0 spiro atoms. The summed E-state index contributed by atoms with van der Waals surface area (Å²) in [6, 6.07) is 14.3. The van der Waals surface area contributed by atoms with E-state index in [2.05, 4.69) is 5.32 Å². The van der Waals surface area contributed by atoms with Crippen molar-refractivity contribution in [3.05, 3.63) is 48.0 Å². The zero-order valence-electron chi connectivity index (χ0n) is 21.7. The fraction of sp³-hybridized carbons (Fsp3) is 0.481. The van der Waals surface area contributed by atoms with Crippen LogP contribution in [0.5, 0.6) is 5.75 Å². The number of nitrogens with one attached hydrogen (secondary N) is 1. The van der Waals surface area contributed by atoms with Gasteiger partial charge in [-0.3, -0.25) is 9.69 Å². The molecule has 1 saturated heterocycles. The number of nitriles is 1. The van der Waals surface area contributed by atoms with E-state index in [1.165, 1.54) is 11.4 Å². The van der Waals surface area contributed by atoms with Crippen molar-refractivity contribution in [2.75, 3.05) is 53.0 Å². The number of sulfonamides is 1. The molecule has 0 bridgehead atoms. The Morgan fingerprint density at radius 1 is 1.16 bits per heavy atom. The summed E-state index contributed by atoms with van der Waals surface area (Å²) in [5.41, 5.74) is 1.97. The summed E-state index contributed by atoms with van der Waals surface area (Å²) < 4.78 is 34.5. The van der Waals surface area contributed by atoms with E-state index in [0.717, 1.165) is 5.56 Å². The van der Waals surface area contributed by atoms with E-state index in [-0.39, 0.29) is 29.9 Å². The Morgan fingerprint density at radius 3 is 2.51 bits per heavy atom. The molecular weight excluding hydrogens is 492 g/mol. The highest BCUT2D eigenvalue weighted by molar-refractivity contribution is 7.89. The summed E-state index contributed by atoms with van der Waals surface area (Å²) in [6.07, 6.45) is 0.590. The third kappa shape index (κ3) is 7.08. The van der Waals surface area contributed by atoms with Crippen LogP contribution >= 0.6 is 0 Å². The second-order valence-corrected chi connectivity index (χ2v) is 11.4. The zero-order chi connectivity index (χ0) is 27.0. The molecule has 1 heterocycles. The maximum absolute atomic E-state index is 13.8. The molecule has 200 valence electrons. The number of carbonyl (C=O) groups excluding carboxylic acids is 1. The van der Waals surface area contributed by atoms with E-state index in [4.69, 9.17) is 10.00 Å². The number of amides is 1. The van der Waals surface area contributed by atoms with Crippen molar-refractivity contribution in [2.45, 2.75) is 31.1 Å². The highest BCUT2D eigenvalue weighted by Crippen LogP contribution is 2.35. The van der Waals surface area contributed by atoms with Crippen LogP contribution in [0.25, 0.3) is 11.1 Å². The molecule has 2 aromatic rings. The molecule has 37 heavy (non-hydrogen) atoms. The van der Waals surface area contributed by atoms with E-state index < -0.39 is 15.9 Å². The summed E-state index contributed by atoms with van der Waals surface area (Å²) >= 11 is 0. The lowest BCUT2D eigenvalue weighted by molar-refractivity contribution is -0.122. The number of piperazine rings is 1. The van der Waals surface area contributed by atoms with Gasteiger partial charge in [0.25, 0.3) is 0 Å². The van der Waals surface area contributed by atoms with Crippen LogP contribution in [0.15, 0.2) is 47.4 Å². The van der Waals surface area contributed by atoms with Gasteiger partial charge < -0.3 is 15.2 Å². The number of methoxy groups -OCH3 is 1. The first-order valence-electron chi connectivity index (χ1n) is 12.5. The van der Waals surface area contributed by atoms with Gasteiger partial charge in [0.05, 0.1) is 30.6 Å². The van der Waals surface area contributed by atoms with Crippen molar-refractivity contribution >= 4 is 15.9 Å². The van der Waals surface area contributed by atoms with Crippen molar-refractivity contribution in [1.82, 2.24) is 14.5 Å². The second kappa shape index (κ2) is 13.0. The largest absolute Gasteiger partial charge is 0.497 e. The summed E-state index contributed by atoms with van der Waals surface area (Å²) in [4.78, 5) is 15.1. The van der Waals surface area contributed by atoms with Gasteiger partial charge in [-0.2, -0.15) is 9.57 Å². The van der Waals surface area contributed by atoms with Crippen LogP contribution in [0, 0.1) is 17.2 Å². The fourth-order valence-electron chi connectivity index (χ4n) is 4.59. The average Bonchev–Trinajstić information content (AvgIpc) is 2.90. The summed E-state index contributed by atoms with van der Waals surface area (Å²) in [5, 5.41) is 20.8. The molecule has 0 saturated carbocycles. The first-order valence-corrected chi connectivity index (χ1v) is 13.9. The predicted octanol–water partition coefficient (Wildman–Crippen LogP) is 2.43. The van der Waals surface area contributed by atoms with Gasteiger partial charge in [-0.15, -0.1) is 0 Å². The number of hydrogen-bond donors (Lipinski definition) is 2. The highest BCUT2D eigenvalue weighted by Gasteiger charge is 2.31. The van der Waals surface area contributed by atoms with Gasteiger partial charge >= 0.3 is 0 Å². The third-order valence-corrected chi connectivity index (χ3v) is 8.46. The molecule has 0 aromatic heterocycles. The standard InChI is InChI=1S/C27H36N4O5S/c1-20(2)17-25(27(33)29-10-9-28)22-6-4-5-21(18-22)24-8-7-23(36-3)19-26(24)37(34,35)31-13-11-30(12-14-31)15-16-32/h4-8,18-20,25,32H,10-17H2,1-3H3,(H,29,33). The Bertz CT molecular complexity index is 1220. The maximum Gasteiger partial charge on any atom is 0.243 e. The van der Waals surface area contributed by atoms with Crippen LogP contribution in [-0.4, -0.2) is 81.6 Å². The molecule has 9 nitrogen and oxygen atoms in total. The zero-order valence-corrected chi connectivity index (χ0v) is 22.5. The van der Waals surface area contributed by atoms with Gasteiger partial charge in [-0.1, -0.05) is 38.1 Å². The number of carbonyl (C=O) groups is 1. The Morgan fingerprint density at radius 2 is 1.89 bits per heavy atom. The van der Waals surface area contributed by atoms with E-state index in [9.17, 15) is 18.3 Å². The maximum atomic E-state index is 13.8. The quantitative estimate of drug-likeness (QED) is 0.430. The number of ether oxygens (including phenoxy) is 1. The van der Waals surface area contributed by atoms with Crippen molar-refractivity contribution in [1.29, 1.82) is 5.26 Å². The Balaban J connectivity index is 2.02. The molecule has 1 amide bonds. The number of aliphatic hydroxyl groups excluding tert-OH is 1. The molecule has 1 unspecified atom stereocenters. The molecule has 2 aromatic carbocycles. The Kier molecular flexibility index (Phi) is 10.1. The fourth-order valence-corrected chi connectivity index (χ4v) is 6.25. The molecule has 1 aliphatic heterocycles. The lowest BCUT2D eigenvalue weighted by Gasteiger charge is -2.34. The lowest BCUT2D eigenvalue weighted by Crippen LogP contribution is -2.49. The molecular formula is C27H36N4O5S. The monoisotopic (exact) mass is 528 g/mol. The SMILES string of the molecule is COc1ccc(-c2cccc(C(CC(C)C)C(=O)NCC#N)c2)c(S(=O)(=O)N2CCN(CCO)CC2)c1. The minimum atomic E-state index is -3.84. The minimum Gasteiger partial charge on any atom is -0.497 e. The topological polar surface area (TPSA) is 123 Å². The molecule has 0 aliphatic carbocycles. The van der Waals surface area contributed by atoms with Crippen LogP contribution in [0.2, 0.25) is 0 Å². The van der Waals surface area contributed by atoms with Gasteiger partial charge in [-0.25, -0.2) is 8.42 Å². The number of aliphatic hydroxyl groups is 1. The van der Waals surface area contributed by atoms with E-state index >= 15 is 0 Å². The van der Waals surface area contributed by atoms with Crippen molar-refractivity contribution in [3.63, 3.8) is 0 Å². The molecule has 1 atom stereocenters. The van der Waals surface area contributed by atoms with Crippen LogP contribution in [0.3, 0.4) is 0 Å². The molecule has 2 N–H and O–H groups in total. The smallest absolute Gasteiger partial charge is 0.243 e. The van der Waals surface area contributed by atoms with Gasteiger partial charge in [0, 0.05) is 44.4 Å². The van der Waals surface area contributed by atoms with Gasteiger partial charge in [0.2, 0.25) is 15.9 Å². The summed E-state index contributed by atoms with van der Waals surface area (Å²) in [5.74, 6) is -0.0178. The molecule has 1 aliphatic rings. The van der Waals surface area contributed by atoms with Crippen LogP contribution in [0.4, 0.5) is 0 Å². The van der Waals surface area contributed by atoms with Crippen molar-refractivity contribution in [3.8, 4) is 22.9 Å². The number of benzene rings is 2. The van der Waals surface area contributed by atoms with Gasteiger partial charge in [0.1, 0.15) is 12.3 Å². The summed E-state index contributed by atoms with van der Waals surface area (Å²) in [7, 11) is -2.35. The van der Waals surface area contributed by atoms with Crippen molar-refractivity contribution < 1.29 is 23.1 Å². The Hall–Kier alpha value is -2.97. The number of hydrogen-bond acceptors (Lipinski definition) is 7. The number of β-amino-alcohol motifs (C(OH)–C–C–N with tert-alkyl or cyclic N) is 1. The van der Waals surface area contributed by atoms with E-state index in [1.54, 1.807) is 18.2 Å². The predicted molar refractivity (Wildman–Crippen MR) is 142 cm³/mol. The van der Waals surface area contributed by atoms with Crippen LogP contribution < -0.4 is 10.1 Å². The first kappa shape index (κ1) is 28.6. The number of rotatable bonds is 11. The number of nitrogens with zero attached hydrogens (tertiary/aromatic N) is 3. The third-order valence-electron chi connectivity index (χ3n) is 6.52.